The summed E-state index contributed by atoms with van der Waals surface area (Å²) < 4.78 is 67.5. The van der Waals surface area contributed by atoms with E-state index in [0.29, 0.717) is 11.3 Å². The summed E-state index contributed by atoms with van der Waals surface area (Å²) in [4.78, 5) is 19.9. The molecule has 1 amide bonds. The number of amides is 1. The molecule has 0 bridgehead atoms. The Morgan fingerprint density at radius 3 is 2.94 bits per heavy atom. The number of halogens is 4. The average molecular weight is 487 g/mol. The van der Waals surface area contributed by atoms with Gasteiger partial charge < -0.3 is 20.1 Å². The summed E-state index contributed by atoms with van der Waals surface area (Å²) in [5, 5.41) is 12.1. The number of rotatable bonds is 7. The van der Waals surface area contributed by atoms with Gasteiger partial charge in [-0.15, -0.1) is 13.2 Å². The molecule has 3 N–H and O–H groups in total. The Balaban J connectivity index is 1.43. The Labute approximate surface area is 189 Å². The van der Waals surface area contributed by atoms with Crippen molar-refractivity contribution in [1.82, 2.24) is 29.9 Å². The van der Waals surface area contributed by atoms with Gasteiger partial charge in [0.05, 0.1) is 24.6 Å². The van der Waals surface area contributed by atoms with Crippen LogP contribution in [0.15, 0.2) is 24.5 Å². The molecule has 1 fully saturated rings. The molecule has 0 aliphatic carbocycles. The highest BCUT2D eigenvalue weighted by Gasteiger charge is 2.42. The van der Waals surface area contributed by atoms with Crippen molar-refractivity contribution in [2.75, 3.05) is 11.9 Å². The predicted molar refractivity (Wildman–Crippen MR) is 108 cm³/mol. The Hall–Kier alpha value is -3.46. The molecule has 0 unspecified atom stereocenters. The van der Waals surface area contributed by atoms with Crippen molar-refractivity contribution in [3.63, 3.8) is 0 Å². The van der Waals surface area contributed by atoms with Crippen LogP contribution in [-0.2, 0) is 20.8 Å². The third kappa shape index (κ3) is 5.53. The van der Waals surface area contributed by atoms with Crippen molar-refractivity contribution in [2.24, 2.45) is 0 Å². The number of fused-ring (bicyclic) bond motifs is 1. The highest BCUT2D eigenvalue weighted by Crippen LogP contribution is 2.33. The molecular formula is C19H21F4N7O4. The van der Waals surface area contributed by atoms with E-state index in [-0.39, 0.29) is 30.1 Å². The predicted octanol–water partition coefficient (Wildman–Crippen LogP) is 3.15. The topological polar surface area (TPSA) is 128 Å². The maximum atomic E-state index is 14.8. The monoisotopic (exact) mass is 487 g/mol. The zero-order valence-corrected chi connectivity index (χ0v) is 18.0. The lowest BCUT2D eigenvalue weighted by Gasteiger charge is -2.16. The maximum absolute atomic E-state index is 14.8. The van der Waals surface area contributed by atoms with Crippen LogP contribution in [0.4, 0.5) is 34.1 Å². The summed E-state index contributed by atoms with van der Waals surface area (Å²) in [5.74, 6) is 0.450. The number of nitrogens with zero attached hydrogens (tertiary/aromatic N) is 4. The molecule has 0 saturated carbocycles. The quantitative estimate of drug-likeness (QED) is 0.434. The van der Waals surface area contributed by atoms with E-state index < -0.39 is 37.4 Å². The molecule has 3 aromatic heterocycles. The Morgan fingerprint density at radius 2 is 2.21 bits per heavy atom. The van der Waals surface area contributed by atoms with Gasteiger partial charge in [0.2, 0.25) is 5.95 Å². The number of hydrogen-bond acceptors (Lipinski definition) is 8. The summed E-state index contributed by atoms with van der Waals surface area (Å²) in [6.07, 6.45) is -6.51. The number of hydrogen-bond donors (Lipinski definition) is 3. The van der Waals surface area contributed by atoms with Crippen LogP contribution < -0.4 is 10.6 Å². The van der Waals surface area contributed by atoms with Gasteiger partial charge in [0.15, 0.2) is 18.1 Å². The summed E-state index contributed by atoms with van der Waals surface area (Å²) in [5.41, 5.74) is 0.669. The van der Waals surface area contributed by atoms with E-state index in [1.165, 1.54) is 28.9 Å². The van der Waals surface area contributed by atoms with Gasteiger partial charge in [-0.25, -0.2) is 19.2 Å². The van der Waals surface area contributed by atoms with E-state index in [4.69, 9.17) is 9.47 Å². The number of H-pyrrole nitrogens is 1. The molecular weight excluding hydrogens is 466 g/mol. The van der Waals surface area contributed by atoms with E-state index in [1.807, 2.05) is 0 Å². The first kappa shape index (κ1) is 23.7. The van der Waals surface area contributed by atoms with Crippen molar-refractivity contribution in [3.05, 3.63) is 35.9 Å². The number of ether oxygens (including phenoxy) is 3. The number of aromatic nitrogens is 5. The third-order valence-electron chi connectivity index (χ3n) is 4.71. The van der Waals surface area contributed by atoms with E-state index in [0.717, 1.165) is 0 Å². The Kier molecular flexibility index (Phi) is 6.56. The minimum atomic E-state index is -4.78. The van der Waals surface area contributed by atoms with Gasteiger partial charge in [-0.1, -0.05) is 0 Å². The summed E-state index contributed by atoms with van der Waals surface area (Å²) >= 11 is 0. The number of imidazole rings is 1. The van der Waals surface area contributed by atoms with Gasteiger partial charge in [0.1, 0.15) is 11.8 Å². The highest BCUT2D eigenvalue weighted by atomic mass is 19.4. The molecule has 1 saturated heterocycles. The first-order valence-corrected chi connectivity index (χ1v) is 10.2. The van der Waals surface area contributed by atoms with E-state index in [2.05, 4.69) is 35.5 Å². The number of carbonyl (C=O) groups excluding carboxylic acids is 1. The van der Waals surface area contributed by atoms with Crippen molar-refractivity contribution < 1.29 is 36.6 Å². The van der Waals surface area contributed by atoms with Gasteiger partial charge >= 0.3 is 12.5 Å². The molecule has 4 heterocycles. The van der Waals surface area contributed by atoms with E-state index in [1.54, 1.807) is 13.8 Å². The van der Waals surface area contributed by atoms with Crippen LogP contribution in [0.1, 0.15) is 31.3 Å². The Morgan fingerprint density at radius 1 is 1.41 bits per heavy atom. The smallest absolute Gasteiger partial charge is 0.441 e. The lowest BCUT2D eigenvalue weighted by atomic mass is 10.1. The minimum Gasteiger partial charge on any atom is -0.441 e. The molecule has 0 spiro atoms. The molecule has 11 nitrogen and oxygen atoms in total. The molecule has 4 rings (SSSR count). The molecule has 34 heavy (non-hydrogen) atoms. The Bertz CT molecular complexity index is 1150. The number of carbonyl (C=O) groups is 1. The van der Waals surface area contributed by atoms with Crippen LogP contribution >= 0.6 is 0 Å². The second kappa shape index (κ2) is 9.42. The van der Waals surface area contributed by atoms with Gasteiger partial charge in [-0.2, -0.15) is 5.10 Å². The number of aromatic amines is 1. The molecule has 3 aromatic rings. The van der Waals surface area contributed by atoms with Gasteiger partial charge in [0, 0.05) is 24.5 Å². The second-order valence-electron chi connectivity index (χ2n) is 7.74. The molecule has 0 aromatic carbocycles. The molecule has 3 atom stereocenters. The summed E-state index contributed by atoms with van der Waals surface area (Å²) in [6, 6.07) is 2.83. The fraction of sp³-hybridized carbons (Fsp3) is 0.474. The molecule has 15 heteroatoms. The fourth-order valence-corrected chi connectivity index (χ4v) is 3.29. The first-order chi connectivity index (χ1) is 16.1. The first-order valence-electron chi connectivity index (χ1n) is 10.2. The van der Waals surface area contributed by atoms with Crippen molar-refractivity contribution in [3.8, 4) is 0 Å². The summed E-state index contributed by atoms with van der Waals surface area (Å²) in [6.45, 7) is 2.61. The van der Waals surface area contributed by atoms with Crippen LogP contribution in [0.2, 0.25) is 0 Å². The van der Waals surface area contributed by atoms with Crippen LogP contribution in [0, 0.1) is 0 Å². The van der Waals surface area contributed by atoms with Crippen LogP contribution in [-0.4, -0.2) is 61.9 Å². The second-order valence-corrected chi connectivity index (χ2v) is 7.74. The molecule has 1 aliphatic heterocycles. The van der Waals surface area contributed by atoms with Gasteiger partial charge in [-0.05, 0) is 19.9 Å². The number of nitrogens with one attached hydrogen (secondary N) is 3. The molecule has 0 radical (unpaired) electrons. The highest BCUT2D eigenvalue weighted by molar-refractivity contribution is 5.67. The van der Waals surface area contributed by atoms with Crippen molar-refractivity contribution >= 4 is 23.5 Å². The van der Waals surface area contributed by atoms with Gasteiger partial charge in [0.25, 0.3) is 0 Å². The fourth-order valence-electron chi connectivity index (χ4n) is 3.29. The standard InChI is InChI=1S/C19H21F4N7O4/c1-9(2)25-18(31)34-12-8-32-16(15(12)20)11-5-13(29-28-11)27-17-24-4-3-14-26-10(6-30(14)17)7-33-19(21,22)23/h3-6,9,12,15-16H,7-8H2,1-2H3,(H,25,31)(H2,24,27,28,29)/t12-,15-,16-/m1/s1. The number of anilines is 2. The summed E-state index contributed by atoms with van der Waals surface area (Å²) in [7, 11) is 0. The van der Waals surface area contributed by atoms with Crippen LogP contribution in [0.3, 0.4) is 0 Å². The zero-order valence-electron chi connectivity index (χ0n) is 18.0. The SMILES string of the molecule is CC(C)NC(=O)O[C@@H]1CO[C@H](c2cc(Nc3nccc4nc(COC(F)(F)F)cn34)n[nH]2)[C@@H]1F. The zero-order chi connectivity index (χ0) is 24.5. The maximum Gasteiger partial charge on any atom is 0.522 e. The normalized spacial score (nSPS) is 20.7. The van der Waals surface area contributed by atoms with E-state index >= 15 is 0 Å². The molecule has 184 valence electrons. The third-order valence-corrected chi connectivity index (χ3v) is 4.71. The van der Waals surface area contributed by atoms with Crippen LogP contribution in [0.5, 0.6) is 0 Å². The minimum absolute atomic E-state index is 0.0447. The largest absolute Gasteiger partial charge is 0.522 e. The van der Waals surface area contributed by atoms with Crippen molar-refractivity contribution in [2.45, 2.75) is 51.2 Å². The average Bonchev–Trinajstić information content (AvgIpc) is 3.45. The number of alkyl carbamates (subject to hydrolysis) is 1. The lowest BCUT2D eigenvalue weighted by molar-refractivity contribution is -0.330. The lowest BCUT2D eigenvalue weighted by Crippen LogP contribution is -2.36. The van der Waals surface area contributed by atoms with Crippen LogP contribution in [0.25, 0.3) is 5.65 Å². The number of alkyl halides is 4. The molecule has 1 aliphatic rings. The van der Waals surface area contributed by atoms with Crippen molar-refractivity contribution in [1.29, 1.82) is 0 Å². The van der Waals surface area contributed by atoms with Gasteiger partial charge in [-0.3, -0.25) is 14.2 Å². The van der Waals surface area contributed by atoms with E-state index in [9.17, 15) is 22.4 Å².